The van der Waals surface area contributed by atoms with Gasteiger partial charge in [-0.25, -0.2) is 4.39 Å². The van der Waals surface area contributed by atoms with E-state index in [-0.39, 0.29) is 12.4 Å². The van der Waals surface area contributed by atoms with E-state index < -0.39 is 11.7 Å². The predicted molar refractivity (Wildman–Crippen MR) is 69.2 cm³/mol. The molecule has 0 heterocycles. The standard InChI is InChI=1S/C15H10F4NO/c16-14-7-3-12(4-8-14)10-21-20-9-11-1-5-13(6-2-11)15(17,18)19/h1-8H,10H2. The molecule has 0 N–H and O–H groups in total. The second kappa shape index (κ2) is 6.39. The van der Waals surface area contributed by atoms with Gasteiger partial charge in [-0.05, 0) is 29.8 Å². The highest BCUT2D eigenvalue weighted by atomic mass is 19.4. The topological polar surface area (TPSA) is 21.6 Å². The molecule has 2 rings (SSSR count). The Hall–Kier alpha value is -2.37. The smallest absolute Gasteiger partial charge is 0.390 e. The lowest BCUT2D eigenvalue weighted by Crippen LogP contribution is -2.04. The SMILES string of the molecule is Fc1ccc(CO/N=[C]\c2ccc(C(F)(F)F)cc2)cc1. The Labute approximate surface area is 118 Å². The minimum absolute atomic E-state index is 0.119. The summed E-state index contributed by atoms with van der Waals surface area (Å²) >= 11 is 0. The Morgan fingerprint density at radius 2 is 1.57 bits per heavy atom. The van der Waals surface area contributed by atoms with E-state index in [9.17, 15) is 17.6 Å². The van der Waals surface area contributed by atoms with E-state index in [0.29, 0.717) is 5.56 Å². The first-order chi connectivity index (χ1) is 9.95. The van der Waals surface area contributed by atoms with Gasteiger partial charge in [-0.3, -0.25) is 0 Å². The summed E-state index contributed by atoms with van der Waals surface area (Å²) < 4.78 is 49.7. The molecule has 0 spiro atoms. The molecule has 2 nitrogen and oxygen atoms in total. The van der Waals surface area contributed by atoms with Crippen molar-refractivity contribution in [3.63, 3.8) is 0 Å². The van der Waals surface area contributed by atoms with E-state index in [0.717, 1.165) is 17.7 Å². The maximum absolute atomic E-state index is 12.7. The lowest BCUT2D eigenvalue weighted by atomic mass is 10.1. The first-order valence-corrected chi connectivity index (χ1v) is 5.95. The van der Waals surface area contributed by atoms with Gasteiger partial charge in [-0.2, -0.15) is 13.2 Å². The summed E-state index contributed by atoms with van der Waals surface area (Å²) in [5, 5.41) is 3.53. The number of halogens is 4. The monoisotopic (exact) mass is 296 g/mol. The molecule has 2 aromatic rings. The molecule has 1 radical (unpaired) electrons. The average molecular weight is 296 g/mol. The van der Waals surface area contributed by atoms with Gasteiger partial charge < -0.3 is 4.84 Å². The van der Waals surface area contributed by atoms with Crippen LogP contribution in [0.25, 0.3) is 0 Å². The summed E-state index contributed by atoms with van der Waals surface area (Å²) in [7, 11) is 0. The highest BCUT2D eigenvalue weighted by molar-refractivity contribution is 5.79. The van der Waals surface area contributed by atoms with Crippen molar-refractivity contribution < 1.29 is 22.4 Å². The fourth-order valence-electron chi connectivity index (χ4n) is 1.51. The predicted octanol–water partition coefficient (Wildman–Crippen LogP) is 4.27. The van der Waals surface area contributed by atoms with Crippen LogP contribution in [-0.2, 0) is 17.6 Å². The molecule has 6 heteroatoms. The Balaban J connectivity index is 1.88. The van der Waals surface area contributed by atoms with Crippen LogP contribution in [0.5, 0.6) is 0 Å². The van der Waals surface area contributed by atoms with Crippen molar-refractivity contribution in [2.24, 2.45) is 5.16 Å². The zero-order valence-corrected chi connectivity index (χ0v) is 10.7. The summed E-state index contributed by atoms with van der Waals surface area (Å²) in [6.07, 6.45) is -1.90. The van der Waals surface area contributed by atoms with Gasteiger partial charge in [0, 0.05) is 5.56 Å². The van der Waals surface area contributed by atoms with Gasteiger partial charge in [0.2, 0.25) is 0 Å². The second-order valence-electron chi connectivity index (χ2n) is 4.18. The first kappa shape index (κ1) is 15.0. The average Bonchev–Trinajstić information content (AvgIpc) is 2.45. The molecular formula is C15H10F4NO. The minimum atomic E-state index is -4.37. The van der Waals surface area contributed by atoms with Crippen molar-refractivity contribution in [2.45, 2.75) is 12.8 Å². The molecular weight excluding hydrogens is 286 g/mol. The molecule has 0 atom stereocenters. The van der Waals surface area contributed by atoms with Crippen LogP contribution in [0.15, 0.2) is 53.7 Å². The third-order valence-corrected chi connectivity index (χ3v) is 2.60. The highest BCUT2D eigenvalue weighted by Gasteiger charge is 2.29. The molecule has 0 amide bonds. The highest BCUT2D eigenvalue weighted by Crippen LogP contribution is 2.28. The minimum Gasteiger partial charge on any atom is -0.390 e. The zero-order valence-electron chi connectivity index (χ0n) is 10.7. The van der Waals surface area contributed by atoms with E-state index in [1.54, 1.807) is 12.1 Å². The van der Waals surface area contributed by atoms with Gasteiger partial charge in [0.25, 0.3) is 0 Å². The Kier molecular flexibility index (Phi) is 4.57. The van der Waals surface area contributed by atoms with Crippen molar-refractivity contribution in [2.75, 3.05) is 0 Å². The van der Waals surface area contributed by atoms with E-state index in [1.807, 2.05) is 0 Å². The Bertz CT molecular complexity index is 603. The molecule has 109 valence electrons. The summed E-state index contributed by atoms with van der Waals surface area (Å²) in [5.41, 5.74) is 0.344. The molecule has 0 bridgehead atoms. The van der Waals surface area contributed by atoms with E-state index in [2.05, 4.69) is 11.4 Å². The molecule has 0 saturated heterocycles. The van der Waals surface area contributed by atoms with E-state index >= 15 is 0 Å². The van der Waals surface area contributed by atoms with Crippen molar-refractivity contribution in [3.8, 4) is 0 Å². The van der Waals surface area contributed by atoms with Crippen LogP contribution < -0.4 is 0 Å². The molecule has 0 aromatic heterocycles. The molecule has 0 unspecified atom stereocenters. The number of nitrogens with zero attached hydrogens (tertiary/aromatic N) is 1. The molecule has 0 saturated carbocycles. The molecule has 21 heavy (non-hydrogen) atoms. The summed E-state index contributed by atoms with van der Waals surface area (Å²) in [6.45, 7) is 0.119. The molecule has 0 aliphatic heterocycles. The molecule has 0 fully saturated rings. The van der Waals surface area contributed by atoms with Gasteiger partial charge in [-0.15, -0.1) is 0 Å². The fourth-order valence-corrected chi connectivity index (χ4v) is 1.51. The van der Waals surface area contributed by atoms with Crippen LogP contribution in [0.3, 0.4) is 0 Å². The Morgan fingerprint density at radius 1 is 0.952 bits per heavy atom. The summed E-state index contributed by atoms with van der Waals surface area (Å²) in [5.74, 6) is -0.349. The number of hydrogen-bond acceptors (Lipinski definition) is 2. The van der Waals surface area contributed by atoms with E-state index in [1.165, 1.54) is 24.3 Å². The molecule has 0 aliphatic carbocycles. The van der Waals surface area contributed by atoms with Crippen molar-refractivity contribution in [1.29, 1.82) is 0 Å². The number of rotatable bonds is 4. The second-order valence-corrected chi connectivity index (χ2v) is 4.18. The zero-order chi connectivity index (χ0) is 15.3. The maximum atomic E-state index is 12.7. The van der Waals surface area contributed by atoms with Crippen LogP contribution >= 0.6 is 0 Å². The van der Waals surface area contributed by atoms with Crippen LogP contribution in [0.1, 0.15) is 16.7 Å². The number of benzene rings is 2. The van der Waals surface area contributed by atoms with Gasteiger partial charge in [-0.1, -0.05) is 29.4 Å². The number of alkyl halides is 3. The summed E-state index contributed by atoms with van der Waals surface area (Å²) in [6, 6.07) is 10.0. The van der Waals surface area contributed by atoms with Crippen LogP contribution in [0.2, 0.25) is 0 Å². The van der Waals surface area contributed by atoms with Gasteiger partial charge in [0.15, 0.2) is 0 Å². The maximum Gasteiger partial charge on any atom is 0.416 e. The third kappa shape index (κ3) is 4.59. The van der Waals surface area contributed by atoms with Crippen molar-refractivity contribution >= 4 is 6.21 Å². The lowest BCUT2D eigenvalue weighted by Gasteiger charge is -2.05. The van der Waals surface area contributed by atoms with E-state index in [4.69, 9.17) is 4.84 Å². The van der Waals surface area contributed by atoms with Gasteiger partial charge in [0.1, 0.15) is 18.6 Å². The number of hydrogen-bond donors (Lipinski definition) is 0. The first-order valence-electron chi connectivity index (χ1n) is 5.95. The van der Waals surface area contributed by atoms with Gasteiger partial charge >= 0.3 is 6.18 Å². The third-order valence-electron chi connectivity index (χ3n) is 2.60. The van der Waals surface area contributed by atoms with Crippen molar-refractivity contribution in [1.82, 2.24) is 0 Å². The van der Waals surface area contributed by atoms with Crippen molar-refractivity contribution in [3.05, 3.63) is 71.0 Å². The van der Waals surface area contributed by atoms with Crippen LogP contribution in [0.4, 0.5) is 17.6 Å². The van der Waals surface area contributed by atoms with Crippen LogP contribution in [0, 0.1) is 5.82 Å². The fraction of sp³-hybridized carbons (Fsp3) is 0.133. The normalized spacial score (nSPS) is 11.8. The largest absolute Gasteiger partial charge is 0.416 e. The molecule has 2 aromatic carbocycles. The van der Waals surface area contributed by atoms with Gasteiger partial charge in [0.05, 0.1) is 5.56 Å². The lowest BCUT2D eigenvalue weighted by molar-refractivity contribution is -0.137. The Morgan fingerprint density at radius 3 is 2.14 bits per heavy atom. The molecule has 0 aliphatic rings. The summed E-state index contributed by atoms with van der Waals surface area (Å²) in [4.78, 5) is 4.93. The quantitative estimate of drug-likeness (QED) is 0.469. The van der Waals surface area contributed by atoms with Crippen LogP contribution in [-0.4, -0.2) is 6.21 Å².